The summed E-state index contributed by atoms with van der Waals surface area (Å²) in [5, 5.41) is 4.55. The fourth-order valence-corrected chi connectivity index (χ4v) is 3.59. The van der Waals surface area contributed by atoms with E-state index in [1.54, 1.807) is 0 Å². The number of hydrogen-bond acceptors (Lipinski definition) is 3. The van der Waals surface area contributed by atoms with Gasteiger partial charge >= 0.3 is 0 Å². The summed E-state index contributed by atoms with van der Waals surface area (Å²) >= 11 is 0. The number of halogens is 3. The van der Waals surface area contributed by atoms with Crippen LogP contribution in [0.4, 0.5) is 18.9 Å². The van der Waals surface area contributed by atoms with Gasteiger partial charge in [-0.1, -0.05) is 38.1 Å². The number of carbonyl (C=O) groups excluding carboxylic acids is 3. The molecule has 2 aromatic carbocycles. The third-order valence-electron chi connectivity index (χ3n) is 5.19. The zero-order valence-electron chi connectivity index (χ0n) is 17.8. The van der Waals surface area contributed by atoms with Crippen molar-refractivity contribution in [2.24, 2.45) is 5.92 Å². The Hall–Kier alpha value is -3.36. The van der Waals surface area contributed by atoms with Gasteiger partial charge in [0.15, 0.2) is 17.5 Å². The summed E-state index contributed by atoms with van der Waals surface area (Å²) in [4.78, 5) is 39.3. The largest absolute Gasteiger partial charge is 0.345 e. The first-order valence-corrected chi connectivity index (χ1v) is 10.2. The molecular weight excluding hydrogens is 423 g/mol. The fraction of sp³-hybridized carbons (Fsp3) is 0.348. The van der Waals surface area contributed by atoms with Gasteiger partial charge in [0.1, 0.15) is 6.04 Å². The van der Waals surface area contributed by atoms with Crippen LogP contribution < -0.4 is 10.6 Å². The molecule has 0 saturated heterocycles. The molecule has 0 aromatic heterocycles. The highest BCUT2D eigenvalue weighted by Gasteiger charge is 2.34. The molecule has 0 fully saturated rings. The van der Waals surface area contributed by atoms with Crippen LogP contribution >= 0.6 is 0 Å². The minimum Gasteiger partial charge on any atom is -0.345 e. The van der Waals surface area contributed by atoms with Gasteiger partial charge in [-0.2, -0.15) is 0 Å². The number of nitrogens with one attached hydrogen (secondary N) is 2. The molecule has 2 aromatic rings. The topological polar surface area (TPSA) is 78.5 Å². The molecule has 32 heavy (non-hydrogen) atoms. The van der Waals surface area contributed by atoms with Gasteiger partial charge in [-0.25, -0.2) is 13.2 Å². The fourth-order valence-electron chi connectivity index (χ4n) is 3.59. The number of carbonyl (C=O) groups is 3. The van der Waals surface area contributed by atoms with Crippen molar-refractivity contribution in [3.05, 3.63) is 65.0 Å². The van der Waals surface area contributed by atoms with Crippen LogP contribution in [0.5, 0.6) is 0 Å². The first-order chi connectivity index (χ1) is 15.2. The zero-order chi connectivity index (χ0) is 23.4. The lowest BCUT2D eigenvalue weighted by molar-refractivity contribution is -0.142. The van der Waals surface area contributed by atoms with Gasteiger partial charge in [0.2, 0.25) is 17.7 Å². The molecule has 9 heteroatoms. The lowest BCUT2D eigenvalue weighted by Crippen LogP contribution is -2.53. The Labute approximate surface area is 183 Å². The number of nitrogens with zero attached hydrogens (tertiary/aromatic N) is 1. The van der Waals surface area contributed by atoms with Gasteiger partial charge in [0.25, 0.3) is 0 Å². The van der Waals surface area contributed by atoms with Crippen molar-refractivity contribution in [1.82, 2.24) is 10.2 Å². The highest BCUT2D eigenvalue weighted by Crippen LogP contribution is 2.25. The molecule has 0 aliphatic carbocycles. The van der Waals surface area contributed by atoms with E-state index in [2.05, 4.69) is 10.6 Å². The molecule has 3 rings (SSSR count). The van der Waals surface area contributed by atoms with Gasteiger partial charge in [0, 0.05) is 19.4 Å². The summed E-state index contributed by atoms with van der Waals surface area (Å²) in [6.07, 6.45) is 0.576. The van der Waals surface area contributed by atoms with Crippen molar-refractivity contribution in [3.8, 4) is 0 Å². The summed E-state index contributed by atoms with van der Waals surface area (Å²) in [7, 11) is 0. The molecule has 0 spiro atoms. The molecular formula is C23H24F3N3O3. The van der Waals surface area contributed by atoms with E-state index in [1.165, 1.54) is 4.90 Å². The number of rotatable bonds is 6. The average molecular weight is 447 g/mol. The van der Waals surface area contributed by atoms with Crippen LogP contribution in [-0.2, 0) is 27.3 Å². The second kappa shape index (κ2) is 9.84. The molecule has 6 nitrogen and oxygen atoms in total. The smallest absolute Gasteiger partial charge is 0.243 e. The van der Waals surface area contributed by atoms with Crippen LogP contribution in [0.3, 0.4) is 0 Å². The second-order valence-corrected chi connectivity index (χ2v) is 8.10. The van der Waals surface area contributed by atoms with Crippen LogP contribution in [0.25, 0.3) is 0 Å². The van der Waals surface area contributed by atoms with Crippen molar-refractivity contribution in [1.29, 1.82) is 0 Å². The van der Waals surface area contributed by atoms with Crippen LogP contribution in [0.15, 0.2) is 36.4 Å². The van der Waals surface area contributed by atoms with Crippen molar-refractivity contribution in [2.75, 3.05) is 11.9 Å². The van der Waals surface area contributed by atoms with Crippen molar-refractivity contribution in [2.45, 2.75) is 39.3 Å². The van der Waals surface area contributed by atoms with E-state index in [-0.39, 0.29) is 24.8 Å². The first kappa shape index (κ1) is 23.3. The third-order valence-corrected chi connectivity index (χ3v) is 5.19. The molecule has 1 aliphatic heterocycles. The van der Waals surface area contributed by atoms with Gasteiger partial charge in [-0.05, 0) is 29.2 Å². The number of amides is 3. The summed E-state index contributed by atoms with van der Waals surface area (Å²) in [5.41, 5.74) is 1.36. The monoisotopic (exact) mass is 447 g/mol. The lowest BCUT2D eigenvalue weighted by Gasteiger charge is -2.36. The Morgan fingerprint density at radius 1 is 1.03 bits per heavy atom. The molecule has 0 radical (unpaired) electrons. The number of hydrogen-bond donors (Lipinski definition) is 2. The Bertz CT molecular complexity index is 1040. The predicted octanol–water partition coefficient (Wildman–Crippen LogP) is 3.16. The van der Waals surface area contributed by atoms with E-state index >= 15 is 0 Å². The Morgan fingerprint density at radius 3 is 2.41 bits per heavy atom. The normalized spacial score (nSPS) is 15.3. The van der Waals surface area contributed by atoms with E-state index in [4.69, 9.17) is 0 Å². The Morgan fingerprint density at radius 2 is 1.72 bits per heavy atom. The van der Waals surface area contributed by atoms with Crippen molar-refractivity contribution < 1.29 is 27.6 Å². The van der Waals surface area contributed by atoms with E-state index in [0.29, 0.717) is 12.5 Å². The Balaban J connectivity index is 1.68. The number of anilines is 1. The van der Waals surface area contributed by atoms with Gasteiger partial charge in [-0.3, -0.25) is 14.4 Å². The van der Waals surface area contributed by atoms with Crippen LogP contribution in [0, 0.1) is 23.4 Å². The van der Waals surface area contributed by atoms with Crippen LogP contribution in [0.1, 0.15) is 31.4 Å². The quantitative estimate of drug-likeness (QED) is 0.668. The van der Waals surface area contributed by atoms with Crippen LogP contribution in [0.2, 0.25) is 0 Å². The minimum atomic E-state index is -1.70. The van der Waals surface area contributed by atoms with Gasteiger partial charge in [-0.15, -0.1) is 0 Å². The highest BCUT2D eigenvalue weighted by atomic mass is 19.2. The molecule has 1 atom stereocenters. The standard InChI is InChI=1S/C23H24F3N3O3/c1-13(2)9-20(31)29-12-15-6-4-3-5-14(15)10-18(29)23(32)27-11-19(30)28-17-8-7-16(24)21(25)22(17)26/h3-8,13,18H,9-12H2,1-2H3,(H,27,32)(H,28,30). The van der Waals surface area contributed by atoms with Crippen LogP contribution in [-0.4, -0.2) is 35.2 Å². The minimum absolute atomic E-state index is 0.111. The summed E-state index contributed by atoms with van der Waals surface area (Å²) in [6, 6.07) is 8.28. The second-order valence-electron chi connectivity index (χ2n) is 8.10. The number of benzene rings is 2. The molecule has 3 amide bonds. The number of fused-ring (bicyclic) bond motifs is 1. The van der Waals surface area contributed by atoms with E-state index in [0.717, 1.165) is 17.2 Å². The summed E-state index contributed by atoms with van der Waals surface area (Å²) in [5.74, 6) is -6.01. The predicted molar refractivity (Wildman–Crippen MR) is 112 cm³/mol. The Kier molecular flexibility index (Phi) is 7.17. The third kappa shape index (κ3) is 5.27. The lowest BCUT2D eigenvalue weighted by atomic mass is 9.92. The van der Waals surface area contributed by atoms with Crippen molar-refractivity contribution in [3.63, 3.8) is 0 Å². The molecule has 1 heterocycles. The SMILES string of the molecule is CC(C)CC(=O)N1Cc2ccccc2CC1C(=O)NCC(=O)Nc1ccc(F)c(F)c1F. The molecule has 1 aliphatic rings. The van der Waals surface area contributed by atoms with E-state index in [1.807, 2.05) is 38.1 Å². The molecule has 170 valence electrons. The van der Waals surface area contributed by atoms with Gasteiger partial charge < -0.3 is 15.5 Å². The average Bonchev–Trinajstić information content (AvgIpc) is 2.76. The maximum Gasteiger partial charge on any atom is 0.243 e. The zero-order valence-corrected chi connectivity index (χ0v) is 17.8. The van der Waals surface area contributed by atoms with Crippen molar-refractivity contribution >= 4 is 23.4 Å². The van der Waals surface area contributed by atoms with E-state index < -0.39 is 47.5 Å². The molecule has 0 bridgehead atoms. The molecule has 0 saturated carbocycles. The highest BCUT2D eigenvalue weighted by molar-refractivity contribution is 5.96. The van der Waals surface area contributed by atoms with E-state index in [9.17, 15) is 27.6 Å². The summed E-state index contributed by atoms with van der Waals surface area (Å²) < 4.78 is 40.1. The molecule has 1 unspecified atom stereocenters. The molecule has 2 N–H and O–H groups in total. The van der Waals surface area contributed by atoms with Gasteiger partial charge in [0.05, 0.1) is 12.2 Å². The maximum absolute atomic E-state index is 13.7. The first-order valence-electron chi connectivity index (χ1n) is 10.2. The summed E-state index contributed by atoms with van der Waals surface area (Å²) in [6.45, 7) is 3.58. The maximum atomic E-state index is 13.7.